The molecule has 0 saturated heterocycles. The fourth-order valence-corrected chi connectivity index (χ4v) is 2.87. The molecule has 1 aliphatic heterocycles. The minimum absolute atomic E-state index is 0.589. The van der Waals surface area contributed by atoms with Crippen molar-refractivity contribution in [2.24, 2.45) is 0 Å². The summed E-state index contributed by atoms with van der Waals surface area (Å²) in [5.41, 5.74) is 3.64. The number of hydrogen-bond donors (Lipinski definition) is 0. The van der Waals surface area contributed by atoms with Crippen LogP contribution in [0.25, 0.3) is 16.8 Å². The molecule has 0 radical (unpaired) electrons. The van der Waals surface area contributed by atoms with Crippen molar-refractivity contribution in [3.05, 3.63) is 72.8 Å². The van der Waals surface area contributed by atoms with Crippen LogP contribution in [0.15, 0.2) is 61.6 Å². The molecule has 0 fully saturated rings. The van der Waals surface area contributed by atoms with E-state index in [1.165, 1.54) is 0 Å². The molecule has 126 valence electrons. The lowest BCUT2D eigenvalue weighted by molar-refractivity contribution is 0.318. The van der Waals surface area contributed by atoms with Gasteiger partial charge in [0.05, 0.1) is 12.9 Å². The van der Waals surface area contributed by atoms with Gasteiger partial charge in [-0.15, -0.1) is 11.6 Å². The molecule has 4 nitrogen and oxygen atoms in total. The van der Waals surface area contributed by atoms with Crippen LogP contribution in [-0.4, -0.2) is 21.9 Å². The van der Waals surface area contributed by atoms with Crippen molar-refractivity contribution in [1.29, 1.82) is 0 Å². The summed E-state index contributed by atoms with van der Waals surface area (Å²) in [4.78, 5) is 4.47. The van der Waals surface area contributed by atoms with E-state index in [0.29, 0.717) is 18.2 Å². The summed E-state index contributed by atoms with van der Waals surface area (Å²) in [5.74, 6) is 2.82. The van der Waals surface area contributed by atoms with Gasteiger partial charge in [0, 0.05) is 23.2 Å². The monoisotopic (exact) mass is 352 g/mol. The Morgan fingerprint density at radius 1 is 1.24 bits per heavy atom. The molecule has 0 atom stereocenters. The number of benzene rings is 1. The molecule has 0 N–H and O–H groups in total. The highest BCUT2D eigenvalue weighted by Gasteiger charge is 2.18. The van der Waals surface area contributed by atoms with E-state index in [2.05, 4.69) is 11.6 Å². The Labute approximate surface area is 151 Å². The molecule has 4 rings (SSSR count). The van der Waals surface area contributed by atoms with Crippen LogP contribution < -0.4 is 9.47 Å². The first kappa shape index (κ1) is 15.8. The number of ether oxygens (including phenoxy) is 2. The van der Waals surface area contributed by atoms with Gasteiger partial charge in [0.2, 0.25) is 0 Å². The third kappa shape index (κ3) is 3.13. The van der Waals surface area contributed by atoms with Gasteiger partial charge >= 0.3 is 0 Å². The molecule has 1 aliphatic rings. The third-order valence-corrected chi connectivity index (χ3v) is 4.31. The van der Waals surface area contributed by atoms with Gasteiger partial charge in [-0.1, -0.05) is 6.58 Å². The van der Waals surface area contributed by atoms with E-state index in [0.717, 1.165) is 40.3 Å². The molecule has 0 saturated carbocycles. The van der Waals surface area contributed by atoms with Crippen molar-refractivity contribution in [2.75, 3.05) is 12.5 Å². The molecule has 0 unspecified atom stereocenters. The van der Waals surface area contributed by atoms with Crippen LogP contribution >= 0.6 is 11.6 Å². The fraction of sp³-hybridized carbons (Fsp3) is 0.150. The summed E-state index contributed by atoms with van der Waals surface area (Å²) >= 11 is 5.68. The molecule has 1 aromatic carbocycles. The number of hydrogen-bond acceptors (Lipinski definition) is 3. The standard InChI is InChI=1S/C20H17ClN2O2/c1-14-10-20(18-11-15-4-2-8-23(15)13-22-18)25-19-6-5-16(12-17(14)19)24-9-3-7-21/h2,4-6,8,10-13H,1,3,7,9H2. The molecule has 5 heteroatoms. The van der Waals surface area contributed by atoms with Crippen molar-refractivity contribution in [1.82, 2.24) is 9.38 Å². The van der Waals surface area contributed by atoms with Gasteiger partial charge < -0.3 is 13.9 Å². The van der Waals surface area contributed by atoms with Gasteiger partial charge in [-0.25, -0.2) is 4.98 Å². The maximum absolute atomic E-state index is 6.05. The molecule has 2 aromatic heterocycles. The number of nitrogens with zero attached hydrogens (tertiary/aromatic N) is 2. The highest BCUT2D eigenvalue weighted by Crippen LogP contribution is 2.37. The largest absolute Gasteiger partial charge is 0.494 e. The second-order valence-electron chi connectivity index (χ2n) is 5.80. The number of halogens is 1. The van der Waals surface area contributed by atoms with E-state index < -0.39 is 0 Å². The van der Waals surface area contributed by atoms with E-state index in [4.69, 9.17) is 21.1 Å². The van der Waals surface area contributed by atoms with E-state index in [1.807, 2.05) is 53.1 Å². The minimum Gasteiger partial charge on any atom is -0.494 e. The Kier molecular flexibility index (Phi) is 4.20. The highest BCUT2D eigenvalue weighted by atomic mass is 35.5. The van der Waals surface area contributed by atoms with E-state index in [9.17, 15) is 0 Å². The Hall–Kier alpha value is -2.72. The Bertz CT molecular complexity index is 975. The maximum atomic E-state index is 6.05. The average Bonchev–Trinajstić information content (AvgIpc) is 3.10. The number of allylic oxidation sites excluding steroid dienone is 2. The SMILES string of the molecule is C=C1C=C(c2cc3cccn3cn2)Oc2ccc(OCCCCl)cc21. The van der Waals surface area contributed by atoms with Crippen LogP contribution in [0.1, 0.15) is 17.7 Å². The Balaban J connectivity index is 1.61. The first-order valence-electron chi connectivity index (χ1n) is 8.09. The van der Waals surface area contributed by atoms with Gasteiger partial charge in [0.15, 0.2) is 5.76 Å². The topological polar surface area (TPSA) is 35.8 Å². The number of fused-ring (bicyclic) bond motifs is 2. The molecule has 0 aliphatic carbocycles. The lowest BCUT2D eigenvalue weighted by Crippen LogP contribution is -2.06. The van der Waals surface area contributed by atoms with Crippen molar-refractivity contribution < 1.29 is 9.47 Å². The van der Waals surface area contributed by atoms with Crippen molar-refractivity contribution in [3.63, 3.8) is 0 Å². The predicted molar refractivity (Wildman–Crippen MR) is 100 cm³/mol. The molecule has 0 bridgehead atoms. The lowest BCUT2D eigenvalue weighted by atomic mass is 10.0. The van der Waals surface area contributed by atoms with E-state index in [1.54, 1.807) is 6.33 Å². The second-order valence-corrected chi connectivity index (χ2v) is 6.18. The van der Waals surface area contributed by atoms with Crippen LogP contribution in [0.3, 0.4) is 0 Å². The van der Waals surface area contributed by atoms with Gasteiger partial charge in [0.1, 0.15) is 17.2 Å². The quantitative estimate of drug-likeness (QED) is 0.489. The van der Waals surface area contributed by atoms with Gasteiger partial charge in [-0.2, -0.15) is 0 Å². The van der Waals surface area contributed by atoms with Crippen molar-refractivity contribution >= 4 is 28.4 Å². The molecule has 0 spiro atoms. The Morgan fingerprint density at radius 3 is 3.04 bits per heavy atom. The maximum Gasteiger partial charge on any atom is 0.153 e. The minimum atomic E-state index is 0.589. The summed E-state index contributed by atoms with van der Waals surface area (Å²) in [6.45, 7) is 4.75. The van der Waals surface area contributed by atoms with Crippen LogP contribution in [0.4, 0.5) is 0 Å². The summed E-state index contributed by atoms with van der Waals surface area (Å²) in [5, 5.41) is 0. The second kappa shape index (κ2) is 6.65. The van der Waals surface area contributed by atoms with Crippen molar-refractivity contribution in [2.45, 2.75) is 6.42 Å². The zero-order valence-corrected chi connectivity index (χ0v) is 14.4. The third-order valence-electron chi connectivity index (χ3n) is 4.04. The summed E-state index contributed by atoms with van der Waals surface area (Å²) in [6.07, 6.45) is 6.46. The Morgan fingerprint density at radius 2 is 2.16 bits per heavy atom. The molecular formula is C20H17ClN2O2. The van der Waals surface area contributed by atoms with E-state index in [-0.39, 0.29) is 0 Å². The summed E-state index contributed by atoms with van der Waals surface area (Å²) in [7, 11) is 0. The molecule has 3 aromatic rings. The predicted octanol–water partition coefficient (Wildman–Crippen LogP) is 4.79. The number of alkyl halides is 1. The van der Waals surface area contributed by atoms with Crippen molar-refractivity contribution in [3.8, 4) is 11.5 Å². The van der Waals surface area contributed by atoms with Gasteiger partial charge in [-0.05, 0) is 54.5 Å². The van der Waals surface area contributed by atoms with Crippen LogP contribution in [0.2, 0.25) is 0 Å². The molecule has 25 heavy (non-hydrogen) atoms. The summed E-state index contributed by atoms with van der Waals surface area (Å²) < 4.78 is 13.7. The highest BCUT2D eigenvalue weighted by molar-refractivity contribution is 6.17. The summed E-state index contributed by atoms with van der Waals surface area (Å²) in [6, 6.07) is 11.8. The van der Waals surface area contributed by atoms with E-state index >= 15 is 0 Å². The normalized spacial score (nSPS) is 13.3. The average molecular weight is 353 g/mol. The smallest absolute Gasteiger partial charge is 0.153 e. The lowest BCUT2D eigenvalue weighted by Gasteiger charge is -2.20. The molecule has 3 heterocycles. The zero-order chi connectivity index (χ0) is 17.2. The first-order chi connectivity index (χ1) is 12.2. The van der Waals surface area contributed by atoms with Crippen LogP contribution in [0.5, 0.6) is 11.5 Å². The molecule has 0 amide bonds. The van der Waals surface area contributed by atoms with Gasteiger partial charge in [0.25, 0.3) is 0 Å². The number of aromatic nitrogens is 2. The number of rotatable bonds is 5. The zero-order valence-electron chi connectivity index (χ0n) is 13.6. The first-order valence-corrected chi connectivity index (χ1v) is 8.63. The van der Waals surface area contributed by atoms with Crippen LogP contribution in [-0.2, 0) is 0 Å². The molecular weight excluding hydrogens is 336 g/mol. The van der Waals surface area contributed by atoms with Gasteiger partial charge in [-0.3, -0.25) is 0 Å². The van der Waals surface area contributed by atoms with Crippen LogP contribution in [0, 0.1) is 0 Å². The fourth-order valence-electron chi connectivity index (χ4n) is 2.76.